The fourth-order valence-electron chi connectivity index (χ4n) is 11.0. The number of hydrogen-bond donors (Lipinski definition) is 0. The molecule has 11 aromatic carbocycles. The smallest absolute Gasteiger partial charge is 0.0619 e. The quantitative estimate of drug-likeness (QED) is 0.164. The van der Waals surface area contributed by atoms with Gasteiger partial charge in [0.05, 0.1) is 27.8 Å². The summed E-state index contributed by atoms with van der Waals surface area (Å²) in [4.78, 5) is 0. The summed E-state index contributed by atoms with van der Waals surface area (Å²) in [5.74, 6) is 0. The molecule has 0 atom stereocenters. The first kappa shape index (κ1) is 35.2. The van der Waals surface area contributed by atoms with E-state index in [-0.39, 0.29) is 0 Å². The van der Waals surface area contributed by atoms with E-state index in [1.807, 2.05) is 0 Å². The average molecular weight is 811 g/mol. The Balaban J connectivity index is 0.931. The normalized spacial score (nSPS) is 12.1. The van der Waals surface area contributed by atoms with Gasteiger partial charge in [-0.05, 0) is 121 Å². The lowest BCUT2D eigenvalue weighted by atomic mass is 9.97. The highest BCUT2D eigenvalue weighted by atomic mass is 15.0. The van der Waals surface area contributed by atoms with Crippen molar-refractivity contribution < 1.29 is 0 Å². The summed E-state index contributed by atoms with van der Waals surface area (Å²) in [5.41, 5.74) is 19.7. The van der Waals surface area contributed by atoms with Gasteiger partial charge in [0.25, 0.3) is 0 Å². The second kappa shape index (κ2) is 13.5. The van der Waals surface area contributed by atoms with E-state index in [0.717, 1.165) is 5.69 Å². The lowest BCUT2D eigenvalue weighted by Crippen LogP contribution is -1.97. The van der Waals surface area contributed by atoms with Gasteiger partial charge in [0.2, 0.25) is 0 Å². The molecule has 0 unspecified atom stereocenters. The fourth-order valence-corrected chi connectivity index (χ4v) is 11.0. The number of rotatable bonds is 5. The summed E-state index contributed by atoms with van der Waals surface area (Å²) in [6, 6.07) is 85.3. The van der Waals surface area contributed by atoms with E-state index in [2.05, 4.69) is 240 Å². The molecule has 2 nitrogen and oxygen atoms in total. The zero-order valence-corrected chi connectivity index (χ0v) is 34.8. The largest absolute Gasteiger partial charge is 0.309 e. The third kappa shape index (κ3) is 5.08. The van der Waals surface area contributed by atoms with Crippen molar-refractivity contribution in [3.63, 3.8) is 0 Å². The van der Waals surface area contributed by atoms with Gasteiger partial charge < -0.3 is 9.13 Å². The molecule has 1 aliphatic rings. The zero-order valence-electron chi connectivity index (χ0n) is 34.8. The van der Waals surface area contributed by atoms with E-state index < -0.39 is 0 Å². The molecule has 2 aromatic heterocycles. The summed E-state index contributed by atoms with van der Waals surface area (Å²) < 4.78 is 4.93. The highest BCUT2D eigenvalue weighted by Gasteiger charge is 2.23. The number of para-hydroxylation sites is 2. The Labute approximate surface area is 370 Å². The minimum atomic E-state index is 1.15. The summed E-state index contributed by atoms with van der Waals surface area (Å²) >= 11 is 0. The van der Waals surface area contributed by atoms with Crippen LogP contribution in [0.15, 0.2) is 231 Å². The van der Waals surface area contributed by atoms with E-state index in [1.165, 1.54) is 126 Å². The van der Waals surface area contributed by atoms with Gasteiger partial charge in [-0.15, -0.1) is 0 Å². The molecule has 0 N–H and O–H groups in total. The van der Waals surface area contributed by atoms with Crippen LogP contribution in [-0.4, -0.2) is 9.13 Å². The van der Waals surface area contributed by atoms with Crippen molar-refractivity contribution in [2.45, 2.75) is 0 Å². The van der Waals surface area contributed by atoms with Gasteiger partial charge in [-0.2, -0.15) is 0 Å². The lowest BCUT2D eigenvalue weighted by Gasteiger charge is -2.14. The van der Waals surface area contributed by atoms with Gasteiger partial charge in [0, 0.05) is 38.2 Å². The van der Waals surface area contributed by atoms with Crippen molar-refractivity contribution in [2.24, 2.45) is 0 Å². The second-order valence-electron chi connectivity index (χ2n) is 17.2. The van der Waals surface area contributed by atoms with Crippen LogP contribution in [-0.2, 0) is 0 Å². The molecule has 0 radical (unpaired) electrons. The van der Waals surface area contributed by atoms with Crippen molar-refractivity contribution in [1.29, 1.82) is 0 Å². The molecular formula is C62H38N2. The molecule has 0 saturated heterocycles. The number of aromatic nitrogens is 2. The van der Waals surface area contributed by atoms with E-state index >= 15 is 0 Å². The molecule has 296 valence electrons. The molecule has 2 heterocycles. The highest BCUT2D eigenvalue weighted by Crippen LogP contribution is 2.49. The van der Waals surface area contributed by atoms with E-state index in [4.69, 9.17) is 0 Å². The molecular weight excluding hydrogens is 773 g/mol. The molecule has 2 heteroatoms. The van der Waals surface area contributed by atoms with Crippen LogP contribution in [0, 0.1) is 0 Å². The third-order valence-corrected chi connectivity index (χ3v) is 13.8. The molecule has 0 fully saturated rings. The maximum Gasteiger partial charge on any atom is 0.0619 e. The van der Waals surface area contributed by atoms with Crippen LogP contribution in [0.1, 0.15) is 0 Å². The van der Waals surface area contributed by atoms with Gasteiger partial charge in [-0.3, -0.25) is 0 Å². The first-order valence-corrected chi connectivity index (χ1v) is 22.2. The monoisotopic (exact) mass is 810 g/mol. The van der Waals surface area contributed by atoms with Crippen LogP contribution in [0.2, 0.25) is 0 Å². The number of nitrogens with zero attached hydrogens (tertiary/aromatic N) is 2. The predicted molar refractivity (Wildman–Crippen MR) is 271 cm³/mol. The maximum atomic E-state index is 2.49. The summed E-state index contributed by atoms with van der Waals surface area (Å²) in [7, 11) is 0. The Morgan fingerprint density at radius 1 is 0.250 bits per heavy atom. The first-order valence-electron chi connectivity index (χ1n) is 22.2. The van der Waals surface area contributed by atoms with Gasteiger partial charge in [0.15, 0.2) is 0 Å². The minimum Gasteiger partial charge on any atom is -0.309 e. The summed E-state index contributed by atoms with van der Waals surface area (Å²) in [5, 5.41) is 10.1. The first-order chi connectivity index (χ1) is 31.7. The van der Waals surface area contributed by atoms with Crippen molar-refractivity contribution >= 4 is 65.2 Å². The van der Waals surface area contributed by atoms with Crippen LogP contribution >= 0.6 is 0 Å². The predicted octanol–water partition coefficient (Wildman–Crippen LogP) is 16.8. The fraction of sp³-hybridized carbons (Fsp3) is 0. The van der Waals surface area contributed by atoms with Crippen LogP contribution in [0.5, 0.6) is 0 Å². The lowest BCUT2D eigenvalue weighted by molar-refractivity contribution is 1.18. The van der Waals surface area contributed by atoms with Crippen LogP contribution < -0.4 is 0 Å². The Bertz CT molecular complexity index is 4060. The van der Waals surface area contributed by atoms with E-state index in [0.29, 0.717) is 0 Å². The molecule has 0 aliphatic heterocycles. The zero-order chi connectivity index (χ0) is 41.9. The van der Waals surface area contributed by atoms with Crippen molar-refractivity contribution in [2.75, 3.05) is 0 Å². The molecule has 14 rings (SSSR count). The van der Waals surface area contributed by atoms with E-state index in [1.54, 1.807) is 0 Å². The minimum absolute atomic E-state index is 1.15. The number of fused-ring (bicyclic) bond motifs is 11. The maximum absolute atomic E-state index is 2.49. The Kier molecular flexibility index (Phi) is 7.43. The number of hydrogen-bond acceptors (Lipinski definition) is 0. The Hall–Kier alpha value is -8.46. The standard InChI is InChI=1S/C62H38N2/c1-2-13-39(14-3-1)47-20-6-8-25-57(47)64-58-26-9-7-22-50(58)55-37-44(30-34-60(55)64)45-29-33-59-56(38-45)53-32-27-40-15-4-5-21-48(40)62(53)63(59)46-19-10-18-42(35-46)43-28-31-49-51-23-11-16-41-17-12-24-52(61(41)51)54(49)36-43/h1-38H. The third-order valence-electron chi connectivity index (χ3n) is 13.8. The average Bonchev–Trinajstić information content (AvgIpc) is 4.00. The number of benzene rings is 11. The second-order valence-corrected chi connectivity index (χ2v) is 17.2. The molecule has 0 bridgehead atoms. The van der Waals surface area contributed by atoms with Crippen molar-refractivity contribution in [3.05, 3.63) is 231 Å². The van der Waals surface area contributed by atoms with Gasteiger partial charge in [-0.25, -0.2) is 0 Å². The molecule has 64 heavy (non-hydrogen) atoms. The summed E-state index contributed by atoms with van der Waals surface area (Å²) in [6.45, 7) is 0. The Morgan fingerprint density at radius 3 is 1.67 bits per heavy atom. The molecule has 0 saturated carbocycles. The van der Waals surface area contributed by atoms with Gasteiger partial charge in [0.1, 0.15) is 0 Å². The van der Waals surface area contributed by atoms with Crippen molar-refractivity contribution in [1.82, 2.24) is 9.13 Å². The molecule has 1 aliphatic carbocycles. The summed E-state index contributed by atoms with van der Waals surface area (Å²) in [6.07, 6.45) is 0. The van der Waals surface area contributed by atoms with Crippen LogP contribution in [0.3, 0.4) is 0 Å². The highest BCUT2D eigenvalue weighted by molar-refractivity contribution is 6.20. The topological polar surface area (TPSA) is 9.86 Å². The SMILES string of the molecule is c1ccc(-c2ccccc2-n2c3ccccc3c3cc(-c4ccc5c(c4)c4ccc6ccccc6c4n5-c4cccc(-c5ccc6c(c5)-c5cccc7cccc-6c57)c4)ccc32)cc1. The Morgan fingerprint density at radius 2 is 0.828 bits per heavy atom. The van der Waals surface area contributed by atoms with E-state index in [9.17, 15) is 0 Å². The van der Waals surface area contributed by atoms with Crippen LogP contribution in [0.4, 0.5) is 0 Å². The van der Waals surface area contributed by atoms with Crippen LogP contribution in [0.25, 0.3) is 132 Å². The van der Waals surface area contributed by atoms with Gasteiger partial charge in [-0.1, -0.05) is 176 Å². The van der Waals surface area contributed by atoms with Crippen molar-refractivity contribution in [3.8, 4) is 67.0 Å². The molecule has 0 spiro atoms. The molecule has 13 aromatic rings. The molecule has 0 amide bonds. The van der Waals surface area contributed by atoms with Gasteiger partial charge >= 0.3 is 0 Å².